The summed E-state index contributed by atoms with van der Waals surface area (Å²) in [6.07, 6.45) is 0. The highest BCUT2D eigenvalue weighted by Crippen LogP contribution is 2.40. The number of para-hydroxylation sites is 2. The van der Waals surface area contributed by atoms with Gasteiger partial charge in [-0.15, -0.1) is 0 Å². The van der Waals surface area contributed by atoms with Crippen molar-refractivity contribution in [2.45, 2.75) is 0 Å². The van der Waals surface area contributed by atoms with Gasteiger partial charge in [-0.2, -0.15) is 10.5 Å². The van der Waals surface area contributed by atoms with Crippen molar-refractivity contribution in [3.8, 4) is 68.8 Å². The second-order valence-electron chi connectivity index (χ2n) is 14.7. The average molecular weight is 766 g/mol. The molecule has 0 aliphatic heterocycles. The molecule has 0 N–H and O–H groups in total. The lowest BCUT2D eigenvalue weighted by atomic mass is 9.99. The van der Waals surface area contributed by atoms with Crippen molar-refractivity contribution < 1.29 is 0 Å². The van der Waals surface area contributed by atoms with E-state index in [1.807, 2.05) is 103 Å². The minimum atomic E-state index is 0.490. The van der Waals surface area contributed by atoms with E-state index in [-0.39, 0.29) is 0 Å². The third-order valence-corrected chi connectivity index (χ3v) is 11.2. The summed E-state index contributed by atoms with van der Waals surface area (Å²) in [5.41, 5.74) is 11.4. The largest absolute Gasteiger partial charge is 0.309 e. The summed E-state index contributed by atoms with van der Waals surface area (Å²) >= 11 is 0. The maximum Gasteiger partial charge on any atom is 0.166 e. The molecular weight excluding hydrogens is 735 g/mol. The van der Waals surface area contributed by atoms with Gasteiger partial charge < -0.3 is 9.13 Å². The lowest BCUT2D eigenvalue weighted by Crippen LogP contribution is -2.04. The molecule has 11 rings (SSSR count). The highest BCUT2D eigenvalue weighted by molar-refractivity contribution is 6.12. The number of nitrogens with zero attached hydrogens (tertiary/aromatic N) is 7. The topological polar surface area (TPSA) is 96.1 Å². The minimum absolute atomic E-state index is 0.490. The minimum Gasteiger partial charge on any atom is -0.309 e. The fraction of sp³-hybridized carbons (Fsp3) is 0. The second kappa shape index (κ2) is 14.1. The van der Waals surface area contributed by atoms with Gasteiger partial charge in [-0.3, -0.25) is 0 Å². The van der Waals surface area contributed by atoms with Gasteiger partial charge >= 0.3 is 0 Å². The molecule has 0 spiro atoms. The molecule has 11 aromatic rings. The first-order chi connectivity index (χ1) is 29.6. The van der Waals surface area contributed by atoms with Crippen LogP contribution in [0.2, 0.25) is 0 Å². The SMILES string of the molecule is N#Cc1ccc2c3ccc(C#N)cc3n(-c3ccc(-c4ccc5c(c4)c4ccccc4n5-c4ccccc4)cc3-c3nc(-c4ccccc4)nc(-c4ccccc4)n3)c2c1. The summed E-state index contributed by atoms with van der Waals surface area (Å²) in [6.45, 7) is 0. The Labute approximate surface area is 345 Å². The molecule has 7 nitrogen and oxygen atoms in total. The van der Waals surface area contributed by atoms with Crippen LogP contribution in [0.15, 0.2) is 188 Å². The Morgan fingerprint density at radius 2 is 0.850 bits per heavy atom. The normalized spacial score (nSPS) is 11.3. The second-order valence-corrected chi connectivity index (χ2v) is 14.7. The van der Waals surface area contributed by atoms with Gasteiger partial charge in [0, 0.05) is 43.9 Å². The van der Waals surface area contributed by atoms with Crippen molar-refractivity contribution in [3.63, 3.8) is 0 Å². The van der Waals surface area contributed by atoms with Crippen molar-refractivity contribution in [1.82, 2.24) is 24.1 Å². The quantitative estimate of drug-likeness (QED) is 0.168. The number of hydrogen-bond acceptors (Lipinski definition) is 5. The number of nitriles is 2. The molecular formula is C53H31N7. The van der Waals surface area contributed by atoms with Crippen molar-refractivity contribution in [2.24, 2.45) is 0 Å². The highest BCUT2D eigenvalue weighted by atomic mass is 15.1. The Kier molecular flexibility index (Phi) is 8.11. The molecule has 7 heteroatoms. The molecule has 0 aliphatic carbocycles. The first-order valence-electron chi connectivity index (χ1n) is 19.6. The molecule has 0 aliphatic rings. The van der Waals surface area contributed by atoms with Gasteiger partial charge in [-0.25, -0.2) is 15.0 Å². The predicted octanol–water partition coefficient (Wildman–Crippen LogP) is 12.5. The average Bonchev–Trinajstić information content (AvgIpc) is 3.83. The van der Waals surface area contributed by atoms with Gasteiger partial charge in [0.05, 0.1) is 51.0 Å². The first-order valence-corrected chi connectivity index (χ1v) is 19.6. The molecule has 0 saturated carbocycles. The van der Waals surface area contributed by atoms with E-state index in [2.05, 4.69) is 106 Å². The van der Waals surface area contributed by atoms with Crippen LogP contribution in [0.1, 0.15) is 11.1 Å². The summed E-state index contributed by atoms with van der Waals surface area (Å²) in [5.74, 6) is 1.59. The Balaban J connectivity index is 1.21. The zero-order chi connectivity index (χ0) is 40.2. The van der Waals surface area contributed by atoms with Crippen molar-refractivity contribution in [3.05, 3.63) is 199 Å². The maximum absolute atomic E-state index is 10.1. The molecule has 0 radical (unpaired) electrons. The lowest BCUT2D eigenvalue weighted by Gasteiger charge is -2.16. The lowest BCUT2D eigenvalue weighted by molar-refractivity contribution is 1.06. The summed E-state index contributed by atoms with van der Waals surface area (Å²) in [7, 11) is 0. The summed E-state index contributed by atoms with van der Waals surface area (Å²) < 4.78 is 4.45. The van der Waals surface area contributed by atoms with E-state index in [1.54, 1.807) is 0 Å². The van der Waals surface area contributed by atoms with Crippen LogP contribution in [0.5, 0.6) is 0 Å². The molecule has 0 unspecified atom stereocenters. The zero-order valence-electron chi connectivity index (χ0n) is 32.0. The fourth-order valence-electron chi connectivity index (χ4n) is 8.44. The fourth-order valence-corrected chi connectivity index (χ4v) is 8.44. The Bertz CT molecular complexity index is 3430. The summed E-state index contributed by atoms with van der Waals surface area (Å²) in [5, 5.41) is 24.4. The molecule has 278 valence electrons. The molecule has 3 heterocycles. The van der Waals surface area contributed by atoms with E-state index in [0.717, 1.165) is 77.4 Å². The monoisotopic (exact) mass is 765 g/mol. The molecule has 60 heavy (non-hydrogen) atoms. The van der Waals surface area contributed by atoms with Crippen LogP contribution >= 0.6 is 0 Å². The van der Waals surface area contributed by atoms with E-state index in [1.165, 1.54) is 5.39 Å². The molecule has 0 saturated heterocycles. The van der Waals surface area contributed by atoms with Crippen LogP contribution in [0, 0.1) is 22.7 Å². The molecule has 0 bridgehead atoms. The number of fused-ring (bicyclic) bond motifs is 6. The number of rotatable bonds is 6. The van der Waals surface area contributed by atoms with E-state index in [4.69, 9.17) is 15.0 Å². The smallest absolute Gasteiger partial charge is 0.166 e. The highest BCUT2D eigenvalue weighted by Gasteiger charge is 2.22. The van der Waals surface area contributed by atoms with E-state index < -0.39 is 0 Å². The van der Waals surface area contributed by atoms with Crippen LogP contribution in [0.25, 0.3) is 100 Å². The summed E-state index contributed by atoms with van der Waals surface area (Å²) in [4.78, 5) is 15.4. The standard InChI is InChI=1S/C53H31N7/c54-32-34-20-24-42-43-25-21-35(33-55)29-50(43)60(49(42)28-34)48-27-23-39(38-22-26-47-44(30-38)41-18-10-11-19-46(41)59(47)40-16-8-3-9-17-40)31-45(48)53-57-51(36-12-4-1-5-13-36)56-52(58-53)37-14-6-2-7-15-37/h1-31H. The number of aromatic nitrogens is 5. The van der Waals surface area contributed by atoms with Crippen LogP contribution in [-0.4, -0.2) is 24.1 Å². The zero-order valence-corrected chi connectivity index (χ0v) is 32.0. The van der Waals surface area contributed by atoms with Crippen LogP contribution in [0.4, 0.5) is 0 Å². The maximum atomic E-state index is 10.1. The number of hydrogen-bond donors (Lipinski definition) is 0. The van der Waals surface area contributed by atoms with Crippen LogP contribution < -0.4 is 0 Å². The van der Waals surface area contributed by atoms with Crippen molar-refractivity contribution in [1.29, 1.82) is 10.5 Å². The van der Waals surface area contributed by atoms with Crippen LogP contribution in [0.3, 0.4) is 0 Å². The third-order valence-electron chi connectivity index (χ3n) is 11.2. The van der Waals surface area contributed by atoms with Crippen LogP contribution in [-0.2, 0) is 0 Å². The van der Waals surface area contributed by atoms with Crippen molar-refractivity contribution >= 4 is 43.6 Å². The van der Waals surface area contributed by atoms with Gasteiger partial charge in [0.1, 0.15) is 0 Å². The molecule has 0 atom stereocenters. The van der Waals surface area contributed by atoms with Gasteiger partial charge in [-0.1, -0.05) is 121 Å². The Morgan fingerprint density at radius 3 is 1.47 bits per heavy atom. The molecule has 0 fully saturated rings. The van der Waals surface area contributed by atoms with Gasteiger partial charge in [0.2, 0.25) is 0 Å². The van der Waals surface area contributed by atoms with Gasteiger partial charge in [0.25, 0.3) is 0 Å². The van der Waals surface area contributed by atoms with Gasteiger partial charge in [-0.05, 0) is 77.9 Å². The first kappa shape index (κ1) is 34.6. The van der Waals surface area contributed by atoms with E-state index in [9.17, 15) is 10.5 Å². The molecule has 0 amide bonds. The van der Waals surface area contributed by atoms with E-state index in [0.29, 0.717) is 28.6 Å². The number of benzene rings is 8. The van der Waals surface area contributed by atoms with Gasteiger partial charge in [0.15, 0.2) is 17.5 Å². The van der Waals surface area contributed by atoms with E-state index >= 15 is 0 Å². The Hall–Kier alpha value is -8.65. The summed E-state index contributed by atoms with van der Waals surface area (Å²) in [6, 6.07) is 68.1. The molecule has 3 aromatic heterocycles. The Morgan fingerprint density at radius 1 is 0.350 bits per heavy atom. The molecule has 8 aromatic carbocycles. The third kappa shape index (κ3) is 5.69. The van der Waals surface area contributed by atoms with Crippen molar-refractivity contribution in [2.75, 3.05) is 0 Å². The predicted molar refractivity (Wildman–Crippen MR) is 240 cm³/mol.